The first-order valence-corrected chi connectivity index (χ1v) is 6.10. The van der Waals surface area contributed by atoms with Crippen LogP contribution >= 0.6 is 0 Å². The summed E-state index contributed by atoms with van der Waals surface area (Å²) in [5.41, 5.74) is -1.05. The fourth-order valence-corrected chi connectivity index (χ4v) is 2.22. The van der Waals surface area contributed by atoms with Crippen molar-refractivity contribution in [2.45, 2.75) is 50.6 Å². The van der Waals surface area contributed by atoms with Crippen LogP contribution in [0.2, 0.25) is 0 Å². The Kier molecular flexibility index (Phi) is 4.56. The smallest absolute Gasteiger partial charge is 0.315 e. The zero-order chi connectivity index (χ0) is 13.8. The molecule has 0 aromatic heterocycles. The van der Waals surface area contributed by atoms with Crippen LogP contribution in [-0.2, 0) is 9.53 Å². The molecule has 0 unspecified atom stereocenters. The number of carboxylic acid groups (broad SMARTS) is 1. The Balaban J connectivity index is 2.50. The molecular weight excluding hydrogens is 236 g/mol. The Labute approximate surface area is 107 Å². The van der Waals surface area contributed by atoms with E-state index in [1.54, 1.807) is 7.11 Å². The average molecular weight is 258 g/mol. The van der Waals surface area contributed by atoms with Crippen LogP contribution in [0.1, 0.15) is 39.5 Å². The van der Waals surface area contributed by atoms with E-state index in [1.165, 1.54) is 0 Å². The number of nitrogens with one attached hydrogen (secondary N) is 2. The Bertz CT molecular complexity index is 324. The van der Waals surface area contributed by atoms with Crippen LogP contribution in [0.25, 0.3) is 0 Å². The minimum atomic E-state index is -0.883. The van der Waals surface area contributed by atoms with Crippen LogP contribution in [0, 0.1) is 0 Å². The number of amides is 2. The van der Waals surface area contributed by atoms with Gasteiger partial charge in [-0.2, -0.15) is 0 Å². The minimum Gasteiger partial charge on any atom is -0.481 e. The van der Waals surface area contributed by atoms with Crippen molar-refractivity contribution in [3.8, 4) is 0 Å². The molecule has 6 nitrogen and oxygen atoms in total. The van der Waals surface area contributed by atoms with E-state index < -0.39 is 17.0 Å². The number of ether oxygens (including phenoxy) is 1. The van der Waals surface area contributed by atoms with Gasteiger partial charge in [-0.25, -0.2) is 4.79 Å². The first-order valence-electron chi connectivity index (χ1n) is 6.10. The Morgan fingerprint density at radius 1 is 1.39 bits per heavy atom. The van der Waals surface area contributed by atoms with E-state index in [1.807, 2.05) is 13.8 Å². The van der Waals surface area contributed by atoms with Crippen LogP contribution in [0.4, 0.5) is 4.79 Å². The highest BCUT2D eigenvalue weighted by Crippen LogP contribution is 2.34. The van der Waals surface area contributed by atoms with E-state index in [2.05, 4.69) is 10.6 Å². The molecule has 0 spiro atoms. The molecule has 0 heterocycles. The van der Waals surface area contributed by atoms with E-state index in [-0.39, 0.29) is 12.5 Å². The number of carbonyl (C=O) groups is 2. The molecule has 0 radical (unpaired) electrons. The average Bonchev–Trinajstić information content (AvgIpc) is 2.11. The standard InChI is InChI=1S/C12H22N2O4/c1-11(2,8-18-3)13-10(17)14-12(5-4-6-12)7-9(15)16/h4-8H2,1-3H3,(H,15,16)(H2,13,14,17). The van der Waals surface area contributed by atoms with E-state index >= 15 is 0 Å². The molecular formula is C12H22N2O4. The van der Waals surface area contributed by atoms with Crippen molar-refractivity contribution in [3.63, 3.8) is 0 Å². The number of hydrogen-bond acceptors (Lipinski definition) is 3. The van der Waals surface area contributed by atoms with Crippen molar-refractivity contribution in [2.75, 3.05) is 13.7 Å². The maximum absolute atomic E-state index is 11.9. The molecule has 1 fully saturated rings. The highest BCUT2D eigenvalue weighted by atomic mass is 16.5. The second-order valence-electron chi connectivity index (χ2n) is 5.60. The fourth-order valence-electron chi connectivity index (χ4n) is 2.22. The number of carboxylic acids is 1. The molecule has 1 aliphatic rings. The van der Waals surface area contributed by atoms with Crippen molar-refractivity contribution in [3.05, 3.63) is 0 Å². The quantitative estimate of drug-likeness (QED) is 0.666. The molecule has 0 aliphatic heterocycles. The topological polar surface area (TPSA) is 87.7 Å². The van der Waals surface area contributed by atoms with Crippen LogP contribution in [0.3, 0.4) is 0 Å². The molecule has 6 heteroatoms. The first-order chi connectivity index (χ1) is 8.29. The number of carbonyl (C=O) groups excluding carboxylic acids is 1. The highest BCUT2D eigenvalue weighted by molar-refractivity contribution is 5.77. The molecule has 1 aliphatic carbocycles. The van der Waals surface area contributed by atoms with Crippen LogP contribution in [0.5, 0.6) is 0 Å². The van der Waals surface area contributed by atoms with Gasteiger partial charge in [0.2, 0.25) is 0 Å². The van der Waals surface area contributed by atoms with Gasteiger partial charge in [0, 0.05) is 7.11 Å². The lowest BCUT2D eigenvalue weighted by atomic mass is 9.74. The minimum absolute atomic E-state index is 0.0227. The molecule has 104 valence electrons. The van der Waals surface area contributed by atoms with Gasteiger partial charge in [0.1, 0.15) is 0 Å². The summed E-state index contributed by atoms with van der Waals surface area (Å²) in [6.07, 6.45) is 2.37. The molecule has 1 rings (SSSR count). The lowest BCUT2D eigenvalue weighted by Gasteiger charge is -2.42. The van der Waals surface area contributed by atoms with Gasteiger partial charge in [0.15, 0.2) is 0 Å². The van der Waals surface area contributed by atoms with Gasteiger partial charge in [-0.05, 0) is 33.1 Å². The molecule has 18 heavy (non-hydrogen) atoms. The summed E-state index contributed by atoms with van der Waals surface area (Å²) in [7, 11) is 1.57. The highest BCUT2D eigenvalue weighted by Gasteiger charge is 2.40. The van der Waals surface area contributed by atoms with E-state index in [9.17, 15) is 9.59 Å². The third kappa shape index (κ3) is 4.18. The molecule has 0 saturated heterocycles. The number of rotatable bonds is 6. The van der Waals surface area contributed by atoms with Gasteiger partial charge in [-0.1, -0.05) is 0 Å². The van der Waals surface area contributed by atoms with Gasteiger partial charge in [-0.3, -0.25) is 4.79 Å². The maximum Gasteiger partial charge on any atom is 0.315 e. The van der Waals surface area contributed by atoms with E-state index in [0.717, 1.165) is 19.3 Å². The zero-order valence-electron chi connectivity index (χ0n) is 11.2. The summed E-state index contributed by atoms with van der Waals surface area (Å²) < 4.78 is 5.01. The van der Waals surface area contributed by atoms with E-state index in [0.29, 0.717) is 6.61 Å². The van der Waals surface area contributed by atoms with Crippen molar-refractivity contribution in [1.82, 2.24) is 10.6 Å². The molecule has 0 bridgehead atoms. The third-order valence-corrected chi connectivity index (χ3v) is 3.14. The lowest BCUT2D eigenvalue weighted by Crippen LogP contribution is -2.60. The predicted molar refractivity (Wildman–Crippen MR) is 66.5 cm³/mol. The molecule has 2 amide bonds. The maximum atomic E-state index is 11.9. The van der Waals surface area contributed by atoms with Gasteiger partial charge < -0.3 is 20.5 Å². The van der Waals surface area contributed by atoms with Gasteiger partial charge in [-0.15, -0.1) is 0 Å². The summed E-state index contributed by atoms with van der Waals surface area (Å²) in [6.45, 7) is 4.09. The van der Waals surface area contributed by atoms with Crippen molar-refractivity contribution < 1.29 is 19.4 Å². The number of urea groups is 1. The number of aliphatic carboxylic acids is 1. The van der Waals surface area contributed by atoms with Crippen LogP contribution in [0.15, 0.2) is 0 Å². The molecule has 1 saturated carbocycles. The monoisotopic (exact) mass is 258 g/mol. The Morgan fingerprint density at radius 3 is 2.39 bits per heavy atom. The lowest BCUT2D eigenvalue weighted by molar-refractivity contribution is -0.139. The summed E-state index contributed by atoms with van der Waals surface area (Å²) >= 11 is 0. The third-order valence-electron chi connectivity index (χ3n) is 3.14. The van der Waals surface area contributed by atoms with Gasteiger partial charge in [0.25, 0.3) is 0 Å². The molecule has 0 aromatic rings. The SMILES string of the molecule is COCC(C)(C)NC(=O)NC1(CC(=O)O)CCC1. The normalized spacial score (nSPS) is 17.7. The second kappa shape index (κ2) is 5.56. The van der Waals surface area contributed by atoms with Crippen molar-refractivity contribution in [1.29, 1.82) is 0 Å². The number of methoxy groups -OCH3 is 1. The van der Waals surface area contributed by atoms with E-state index in [4.69, 9.17) is 9.84 Å². The summed E-state index contributed by atoms with van der Waals surface area (Å²) in [5, 5.41) is 14.4. The Morgan fingerprint density at radius 2 is 2.00 bits per heavy atom. The summed E-state index contributed by atoms with van der Waals surface area (Å²) in [4.78, 5) is 22.6. The molecule has 0 atom stereocenters. The van der Waals surface area contributed by atoms with Gasteiger partial charge in [0.05, 0.1) is 24.1 Å². The molecule has 3 N–H and O–H groups in total. The number of hydrogen-bond donors (Lipinski definition) is 3. The predicted octanol–water partition coefficient (Wildman–Crippen LogP) is 1.11. The van der Waals surface area contributed by atoms with Crippen molar-refractivity contribution >= 4 is 12.0 Å². The molecule has 0 aromatic carbocycles. The first kappa shape index (κ1) is 14.8. The zero-order valence-corrected chi connectivity index (χ0v) is 11.2. The van der Waals surface area contributed by atoms with Crippen LogP contribution < -0.4 is 10.6 Å². The summed E-state index contributed by atoms with van der Waals surface area (Å²) in [6, 6.07) is -0.335. The summed E-state index contributed by atoms with van der Waals surface area (Å²) in [5.74, 6) is -0.883. The fraction of sp³-hybridized carbons (Fsp3) is 0.833. The van der Waals surface area contributed by atoms with Crippen LogP contribution in [-0.4, -0.2) is 41.9 Å². The second-order valence-corrected chi connectivity index (χ2v) is 5.60. The van der Waals surface area contributed by atoms with Crippen molar-refractivity contribution in [2.24, 2.45) is 0 Å². The Hall–Kier alpha value is -1.30. The largest absolute Gasteiger partial charge is 0.481 e. The van der Waals surface area contributed by atoms with Gasteiger partial charge >= 0.3 is 12.0 Å².